The number of thiophene rings is 1. The SMILES string of the molecule is CC(=O)O.CC(=O)O.CC(=O)O.CC(=O)O.COc1cc(-c2csc3c(C=CCCN)cnc(N)c23)ccc1NC(=O)c1cc2ccccc2n1C. The Balaban J connectivity index is 0.000000715. The van der Waals surface area contributed by atoms with Crippen molar-refractivity contribution in [1.29, 1.82) is 0 Å². The summed E-state index contributed by atoms with van der Waals surface area (Å²) in [7, 11) is 3.48. The zero-order valence-electron chi connectivity index (χ0n) is 29.5. The largest absolute Gasteiger partial charge is 0.495 e. The Labute approximate surface area is 303 Å². The number of fused-ring (bicyclic) bond motifs is 2. The quantitative estimate of drug-likeness (QED) is 0.101. The summed E-state index contributed by atoms with van der Waals surface area (Å²) in [4.78, 5) is 53.5. The Morgan fingerprint density at radius 3 is 2.04 bits per heavy atom. The van der Waals surface area contributed by atoms with Crippen LogP contribution in [-0.2, 0) is 26.2 Å². The lowest BCUT2D eigenvalue weighted by Gasteiger charge is -2.13. The number of carbonyl (C=O) groups excluding carboxylic acids is 1. The van der Waals surface area contributed by atoms with Crippen LogP contribution >= 0.6 is 11.3 Å². The van der Waals surface area contributed by atoms with E-state index in [-0.39, 0.29) is 5.91 Å². The van der Waals surface area contributed by atoms with Crippen molar-refractivity contribution >= 4 is 79.7 Å². The molecule has 2 aromatic carbocycles. The van der Waals surface area contributed by atoms with E-state index in [1.165, 1.54) is 0 Å². The molecule has 3 aromatic heterocycles. The van der Waals surface area contributed by atoms with E-state index >= 15 is 0 Å². The van der Waals surface area contributed by atoms with E-state index in [4.69, 9.17) is 55.8 Å². The van der Waals surface area contributed by atoms with Gasteiger partial charge in [0.1, 0.15) is 17.3 Å². The molecular weight excluding hydrogens is 694 g/mol. The van der Waals surface area contributed by atoms with Crippen molar-refractivity contribution in [3.8, 4) is 16.9 Å². The molecule has 52 heavy (non-hydrogen) atoms. The lowest BCUT2D eigenvalue weighted by atomic mass is 10.0. The molecule has 0 bridgehead atoms. The smallest absolute Gasteiger partial charge is 0.300 e. The highest BCUT2D eigenvalue weighted by molar-refractivity contribution is 7.18. The number of pyridine rings is 1. The topological polar surface area (TPSA) is 257 Å². The second kappa shape index (κ2) is 21.7. The first-order valence-corrected chi connectivity index (χ1v) is 16.2. The van der Waals surface area contributed by atoms with Gasteiger partial charge in [0, 0.05) is 73.1 Å². The van der Waals surface area contributed by atoms with Gasteiger partial charge in [0.05, 0.1) is 12.8 Å². The molecule has 3 heterocycles. The van der Waals surface area contributed by atoms with Crippen LogP contribution in [0.3, 0.4) is 0 Å². The van der Waals surface area contributed by atoms with Gasteiger partial charge in [-0.05, 0) is 48.2 Å². The minimum Gasteiger partial charge on any atom is -0.495 e. The third-order valence-electron chi connectivity index (χ3n) is 6.23. The molecule has 9 N–H and O–H groups in total. The number of aliphatic carboxylic acids is 4. The summed E-state index contributed by atoms with van der Waals surface area (Å²) in [5, 5.41) is 36.7. The maximum Gasteiger partial charge on any atom is 0.300 e. The fraction of sp³-hybridized carbons (Fsp3) is 0.222. The molecule has 15 nitrogen and oxygen atoms in total. The first kappa shape index (κ1) is 43.8. The summed E-state index contributed by atoms with van der Waals surface area (Å²) >= 11 is 1.62. The second-order valence-corrected chi connectivity index (χ2v) is 11.4. The molecular formula is C36H43N5O10S. The van der Waals surface area contributed by atoms with Crippen molar-refractivity contribution in [2.75, 3.05) is 24.7 Å². The van der Waals surface area contributed by atoms with Crippen LogP contribution in [0.25, 0.3) is 38.2 Å². The monoisotopic (exact) mass is 737 g/mol. The average molecular weight is 738 g/mol. The summed E-state index contributed by atoms with van der Waals surface area (Å²) in [6.45, 7) is 4.93. The van der Waals surface area contributed by atoms with Crippen molar-refractivity contribution in [1.82, 2.24) is 9.55 Å². The minimum absolute atomic E-state index is 0.205. The lowest BCUT2D eigenvalue weighted by molar-refractivity contribution is -0.135. The minimum atomic E-state index is -0.833. The molecule has 0 aliphatic heterocycles. The summed E-state index contributed by atoms with van der Waals surface area (Å²) in [5.74, 6) is -2.50. The van der Waals surface area contributed by atoms with Crippen LogP contribution in [0.4, 0.5) is 11.5 Å². The Kier molecular flexibility index (Phi) is 18.3. The Morgan fingerprint density at radius 2 is 1.50 bits per heavy atom. The number of aryl methyl sites for hydroxylation is 1. The van der Waals surface area contributed by atoms with Gasteiger partial charge in [-0.2, -0.15) is 0 Å². The van der Waals surface area contributed by atoms with Gasteiger partial charge < -0.3 is 46.5 Å². The number of hydrogen-bond acceptors (Lipinski definition) is 10. The molecule has 0 spiro atoms. The fourth-order valence-electron chi connectivity index (χ4n) is 4.38. The van der Waals surface area contributed by atoms with Crippen LogP contribution in [0, 0.1) is 0 Å². The van der Waals surface area contributed by atoms with E-state index < -0.39 is 23.9 Å². The molecule has 16 heteroatoms. The zero-order chi connectivity index (χ0) is 39.5. The van der Waals surface area contributed by atoms with Gasteiger partial charge in [-0.3, -0.25) is 24.0 Å². The van der Waals surface area contributed by atoms with Crippen LogP contribution < -0.4 is 21.5 Å². The molecule has 0 saturated carbocycles. The number of para-hydroxylation sites is 1. The molecule has 0 aliphatic rings. The number of carboxylic acids is 4. The van der Waals surface area contributed by atoms with Crippen molar-refractivity contribution < 1.29 is 49.1 Å². The van der Waals surface area contributed by atoms with Crippen LogP contribution in [0.2, 0.25) is 0 Å². The van der Waals surface area contributed by atoms with Crippen LogP contribution in [0.1, 0.15) is 50.2 Å². The van der Waals surface area contributed by atoms with E-state index in [0.29, 0.717) is 29.5 Å². The zero-order valence-corrected chi connectivity index (χ0v) is 30.4. The number of amides is 1. The van der Waals surface area contributed by atoms with Gasteiger partial charge in [-0.1, -0.05) is 36.4 Å². The molecule has 0 atom stereocenters. The van der Waals surface area contributed by atoms with Gasteiger partial charge in [0.2, 0.25) is 0 Å². The Morgan fingerprint density at radius 1 is 0.923 bits per heavy atom. The number of hydrogen-bond donors (Lipinski definition) is 7. The highest BCUT2D eigenvalue weighted by Crippen LogP contribution is 2.41. The number of nitrogens with one attached hydrogen (secondary N) is 1. The van der Waals surface area contributed by atoms with Crippen molar-refractivity contribution in [2.24, 2.45) is 12.8 Å². The third kappa shape index (κ3) is 14.3. The van der Waals surface area contributed by atoms with Crippen LogP contribution in [0.5, 0.6) is 5.75 Å². The molecule has 0 fully saturated rings. The number of carboxylic acid groups (broad SMARTS) is 4. The van der Waals surface area contributed by atoms with E-state index in [9.17, 15) is 4.79 Å². The van der Waals surface area contributed by atoms with Crippen molar-refractivity contribution in [3.05, 3.63) is 77.4 Å². The van der Waals surface area contributed by atoms with E-state index in [1.54, 1.807) is 24.6 Å². The van der Waals surface area contributed by atoms with Crippen molar-refractivity contribution in [2.45, 2.75) is 34.1 Å². The number of nitrogens with two attached hydrogens (primary N) is 2. The normalized spacial score (nSPS) is 9.90. The number of nitrogen functional groups attached to an aromatic ring is 1. The molecule has 1 amide bonds. The number of benzene rings is 2. The van der Waals surface area contributed by atoms with Crippen molar-refractivity contribution in [3.63, 3.8) is 0 Å². The highest BCUT2D eigenvalue weighted by atomic mass is 32.1. The Bertz CT molecular complexity index is 1970. The molecule has 0 saturated heterocycles. The third-order valence-corrected chi connectivity index (χ3v) is 7.26. The van der Waals surface area contributed by atoms with Crippen LogP contribution in [0.15, 0.2) is 66.2 Å². The van der Waals surface area contributed by atoms with Gasteiger partial charge in [-0.25, -0.2) is 4.98 Å². The molecule has 5 aromatic rings. The summed E-state index contributed by atoms with van der Waals surface area (Å²) in [6.07, 6.45) is 6.67. The van der Waals surface area contributed by atoms with Gasteiger partial charge in [0.15, 0.2) is 0 Å². The first-order valence-electron chi connectivity index (χ1n) is 15.3. The summed E-state index contributed by atoms with van der Waals surface area (Å²) in [5.41, 5.74) is 17.0. The number of ether oxygens (including phenoxy) is 1. The molecule has 0 aliphatic carbocycles. The summed E-state index contributed by atoms with van der Waals surface area (Å²) < 4.78 is 8.61. The Hall–Kier alpha value is -6.26. The van der Waals surface area contributed by atoms with Crippen LogP contribution in [-0.4, -0.2) is 73.4 Å². The summed E-state index contributed by atoms with van der Waals surface area (Å²) in [6, 6.07) is 15.5. The van der Waals surface area contributed by atoms with Gasteiger partial charge >= 0.3 is 0 Å². The molecule has 5 rings (SSSR count). The maximum absolute atomic E-state index is 13.1. The fourth-order valence-corrected chi connectivity index (χ4v) is 5.46. The highest BCUT2D eigenvalue weighted by Gasteiger charge is 2.18. The maximum atomic E-state index is 13.1. The number of anilines is 2. The second-order valence-electron chi connectivity index (χ2n) is 10.5. The molecule has 0 radical (unpaired) electrons. The average Bonchev–Trinajstić information content (AvgIpc) is 3.64. The first-order chi connectivity index (χ1) is 24.4. The number of methoxy groups -OCH3 is 1. The van der Waals surface area contributed by atoms with Gasteiger partial charge in [-0.15, -0.1) is 11.3 Å². The number of nitrogens with zero attached hydrogens (tertiary/aromatic N) is 2. The predicted molar refractivity (Wildman–Crippen MR) is 203 cm³/mol. The predicted octanol–water partition coefficient (Wildman–Crippen LogP) is 6.02. The lowest BCUT2D eigenvalue weighted by Crippen LogP contribution is -2.16. The van der Waals surface area contributed by atoms with E-state index in [2.05, 4.69) is 15.7 Å². The molecule has 278 valence electrons. The van der Waals surface area contributed by atoms with Gasteiger partial charge in [0.25, 0.3) is 29.8 Å². The number of rotatable bonds is 7. The van der Waals surface area contributed by atoms with E-state index in [1.807, 2.05) is 72.3 Å². The number of aromatic nitrogens is 2. The number of carbonyl (C=O) groups is 5. The van der Waals surface area contributed by atoms with E-state index in [0.717, 1.165) is 71.8 Å². The standard InChI is InChI=1S/C28H27N5O2S.4C2H4O2/c1-33-22-9-4-3-7-18(22)13-23(33)28(34)32-21-11-10-17(14-24(21)35-2)20-16-36-26-19(8-5-6-12-29)15-31-27(30)25(20)26;4*1-2(3)4/h3-5,7-11,13-16H,6,12,29H2,1-2H3,(H2,30,31)(H,32,34);4*1H3,(H,3,4). The molecule has 0 unspecified atom stereocenters.